The number of likely N-dealkylation sites (N-methyl/N-ethyl adjacent to an activating group) is 1. The molecule has 0 aliphatic heterocycles. The number of nitrogens with one attached hydrogen (secondary N) is 2. The van der Waals surface area contributed by atoms with Crippen LogP contribution < -0.4 is 10.6 Å². The summed E-state index contributed by atoms with van der Waals surface area (Å²) in [6, 6.07) is 9.19. The zero-order valence-corrected chi connectivity index (χ0v) is 20.6. The Hall–Kier alpha value is -4.58. The Morgan fingerprint density at radius 2 is 2.00 bits per heavy atom. The highest BCUT2D eigenvalue weighted by atomic mass is 35.5. The second kappa shape index (κ2) is 11.0. The van der Waals surface area contributed by atoms with Crippen molar-refractivity contribution in [2.45, 2.75) is 13.5 Å². The fraction of sp³-hybridized carbons (Fsp3) is 0.167. The summed E-state index contributed by atoms with van der Waals surface area (Å²) in [4.78, 5) is 28.9. The highest BCUT2D eigenvalue weighted by molar-refractivity contribution is 6.30. The summed E-state index contributed by atoms with van der Waals surface area (Å²) in [6.45, 7) is 2.28. The van der Waals surface area contributed by atoms with Crippen LogP contribution in [-0.2, 0) is 6.54 Å². The molecule has 3 aromatic heterocycles. The Morgan fingerprint density at radius 1 is 1.19 bits per heavy atom. The molecule has 0 bridgehead atoms. The maximum Gasteiger partial charge on any atom is 0.407 e. The quantitative estimate of drug-likeness (QED) is 0.307. The molecule has 3 heterocycles. The van der Waals surface area contributed by atoms with Crippen molar-refractivity contribution in [1.82, 2.24) is 29.9 Å². The summed E-state index contributed by atoms with van der Waals surface area (Å²) in [5, 5.41) is 27.5. The number of benzene rings is 1. The number of aromatic nitrogens is 5. The maximum absolute atomic E-state index is 14.3. The molecule has 0 aliphatic rings. The third kappa shape index (κ3) is 6.35. The van der Waals surface area contributed by atoms with Gasteiger partial charge in [-0.05, 0) is 37.3 Å². The molecule has 0 spiro atoms. The van der Waals surface area contributed by atoms with Crippen LogP contribution in [0.4, 0.5) is 26.4 Å². The number of carboxylic acid groups (broad SMARTS) is 1. The van der Waals surface area contributed by atoms with E-state index < -0.39 is 17.8 Å². The van der Waals surface area contributed by atoms with Crippen molar-refractivity contribution in [3.63, 3.8) is 0 Å². The summed E-state index contributed by atoms with van der Waals surface area (Å²) in [5.41, 5.74) is 2.59. The van der Waals surface area contributed by atoms with Gasteiger partial charge in [0.25, 0.3) is 5.91 Å². The molecule has 3 N–H and O–H groups in total. The standard InChI is InChI=1S/C24H22ClFN8O3/c1-14-20(11-21(32-31-14)18-9-16(25)3-4-19(18)26)29-17-5-6-27-22(10-17)30-23(35)15-12-28-34(13-15)8-7-33(2)24(36)37/h3-6,9-13H,7-8H2,1-2H3,(H,36,37)(H2,27,29,30,32,35). The van der Waals surface area contributed by atoms with E-state index in [1.165, 1.54) is 48.5 Å². The van der Waals surface area contributed by atoms with Gasteiger partial charge in [0.05, 0.1) is 35.4 Å². The van der Waals surface area contributed by atoms with Crippen LogP contribution in [0.1, 0.15) is 16.1 Å². The molecule has 4 aromatic rings. The van der Waals surface area contributed by atoms with Crippen molar-refractivity contribution < 1.29 is 19.1 Å². The van der Waals surface area contributed by atoms with Gasteiger partial charge >= 0.3 is 6.09 Å². The molecule has 11 nitrogen and oxygen atoms in total. The first-order valence-corrected chi connectivity index (χ1v) is 11.4. The maximum atomic E-state index is 14.3. The number of halogens is 2. The third-order valence-corrected chi connectivity index (χ3v) is 5.59. The van der Waals surface area contributed by atoms with Gasteiger partial charge in [0.1, 0.15) is 11.6 Å². The van der Waals surface area contributed by atoms with Crippen molar-refractivity contribution in [3.05, 3.63) is 77.1 Å². The second-order valence-corrected chi connectivity index (χ2v) is 8.49. The van der Waals surface area contributed by atoms with E-state index in [1.807, 2.05) is 0 Å². The van der Waals surface area contributed by atoms with Gasteiger partial charge < -0.3 is 20.6 Å². The molecular formula is C24H22ClFN8O3. The van der Waals surface area contributed by atoms with Crippen LogP contribution in [0.5, 0.6) is 0 Å². The van der Waals surface area contributed by atoms with E-state index in [0.717, 1.165) is 4.90 Å². The van der Waals surface area contributed by atoms with Crippen LogP contribution >= 0.6 is 11.6 Å². The smallest absolute Gasteiger partial charge is 0.407 e. The van der Waals surface area contributed by atoms with Gasteiger partial charge in [-0.15, -0.1) is 0 Å². The van der Waals surface area contributed by atoms with Gasteiger partial charge in [-0.1, -0.05) is 11.6 Å². The average molecular weight is 525 g/mol. The van der Waals surface area contributed by atoms with Gasteiger partial charge in [0.2, 0.25) is 0 Å². The van der Waals surface area contributed by atoms with Crippen LogP contribution in [0, 0.1) is 12.7 Å². The Kier molecular flexibility index (Phi) is 7.58. The second-order valence-electron chi connectivity index (χ2n) is 8.06. The van der Waals surface area contributed by atoms with Gasteiger partial charge in [0, 0.05) is 48.3 Å². The molecule has 1 aromatic carbocycles. The van der Waals surface area contributed by atoms with Crippen molar-refractivity contribution in [2.75, 3.05) is 24.2 Å². The lowest BCUT2D eigenvalue weighted by Gasteiger charge is -2.12. The lowest BCUT2D eigenvalue weighted by atomic mass is 10.1. The molecule has 0 saturated carbocycles. The summed E-state index contributed by atoms with van der Waals surface area (Å²) in [7, 11) is 1.45. The number of carbonyl (C=O) groups excluding carboxylic acids is 1. The van der Waals surface area contributed by atoms with E-state index in [1.54, 1.807) is 25.1 Å². The minimum Gasteiger partial charge on any atom is -0.465 e. The number of rotatable bonds is 8. The number of carbonyl (C=O) groups is 2. The fourth-order valence-electron chi connectivity index (χ4n) is 3.28. The van der Waals surface area contributed by atoms with E-state index in [4.69, 9.17) is 16.7 Å². The lowest BCUT2D eigenvalue weighted by molar-refractivity contribution is 0.102. The minimum atomic E-state index is -1.05. The number of anilines is 3. The highest BCUT2D eigenvalue weighted by Crippen LogP contribution is 2.28. The van der Waals surface area contributed by atoms with Gasteiger partial charge in [-0.3, -0.25) is 9.48 Å². The predicted octanol–water partition coefficient (Wildman–Crippen LogP) is 4.44. The Bertz CT molecular complexity index is 1460. The Morgan fingerprint density at radius 3 is 2.78 bits per heavy atom. The Balaban J connectivity index is 1.46. The van der Waals surface area contributed by atoms with E-state index in [2.05, 4.69) is 30.9 Å². The molecule has 0 atom stereocenters. The fourth-order valence-corrected chi connectivity index (χ4v) is 3.45. The molecular weight excluding hydrogens is 503 g/mol. The lowest BCUT2D eigenvalue weighted by Crippen LogP contribution is -2.28. The zero-order valence-electron chi connectivity index (χ0n) is 19.8. The van der Waals surface area contributed by atoms with Crippen molar-refractivity contribution in [2.24, 2.45) is 0 Å². The molecule has 0 unspecified atom stereocenters. The number of amides is 2. The summed E-state index contributed by atoms with van der Waals surface area (Å²) >= 11 is 6.01. The number of pyridine rings is 1. The minimum absolute atomic E-state index is 0.223. The summed E-state index contributed by atoms with van der Waals surface area (Å²) in [6.07, 6.45) is 3.39. The van der Waals surface area contributed by atoms with E-state index in [0.29, 0.717) is 39.9 Å². The van der Waals surface area contributed by atoms with Crippen molar-refractivity contribution in [1.29, 1.82) is 0 Å². The molecule has 0 aliphatic carbocycles. The largest absolute Gasteiger partial charge is 0.465 e. The topological polar surface area (TPSA) is 138 Å². The van der Waals surface area contributed by atoms with Gasteiger partial charge in [0.15, 0.2) is 0 Å². The number of nitrogens with zero attached hydrogens (tertiary/aromatic N) is 6. The molecule has 13 heteroatoms. The van der Waals surface area contributed by atoms with Gasteiger partial charge in [-0.2, -0.15) is 15.3 Å². The average Bonchev–Trinajstić information content (AvgIpc) is 3.35. The molecule has 190 valence electrons. The third-order valence-electron chi connectivity index (χ3n) is 5.35. The highest BCUT2D eigenvalue weighted by Gasteiger charge is 2.13. The predicted molar refractivity (Wildman–Crippen MR) is 136 cm³/mol. The van der Waals surface area contributed by atoms with E-state index >= 15 is 0 Å². The van der Waals surface area contributed by atoms with Crippen LogP contribution in [-0.4, -0.2) is 60.6 Å². The normalized spacial score (nSPS) is 10.7. The molecule has 0 radical (unpaired) electrons. The first-order chi connectivity index (χ1) is 17.7. The van der Waals surface area contributed by atoms with Crippen LogP contribution in [0.2, 0.25) is 5.02 Å². The number of aryl methyl sites for hydroxylation is 1. The van der Waals surface area contributed by atoms with Gasteiger partial charge in [-0.25, -0.2) is 14.2 Å². The van der Waals surface area contributed by atoms with Crippen molar-refractivity contribution in [3.8, 4) is 11.3 Å². The monoisotopic (exact) mass is 524 g/mol. The van der Waals surface area contributed by atoms with Crippen LogP contribution in [0.15, 0.2) is 55.0 Å². The molecule has 37 heavy (non-hydrogen) atoms. The van der Waals surface area contributed by atoms with Crippen molar-refractivity contribution >= 4 is 40.8 Å². The first-order valence-electron chi connectivity index (χ1n) is 11.0. The van der Waals surface area contributed by atoms with E-state index in [-0.39, 0.29) is 17.9 Å². The molecule has 2 amide bonds. The summed E-state index contributed by atoms with van der Waals surface area (Å²) in [5.74, 6) is -0.614. The number of hydrogen-bond acceptors (Lipinski definition) is 7. The number of hydrogen-bond donors (Lipinski definition) is 3. The van der Waals surface area contributed by atoms with Crippen LogP contribution in [0.3, 0.4) is 0 Å². The van der Waals surface area contributed by atoms with Crippen LogP contribution in [0.25, 0.3) is 11.3 Å². The van der Waals surface area contributed by atoms with E-state index in [9.17, 15) is 14.0 Å². The molecule has 4 rings (SSSR count). The first kappa shape index (κ1) is 25.5. The SMILES string of the molecule is Cc1nnc(-c2cc(Cl)ccc2F)cc1Nc1ccnc(NC(=O)c2cnn(CCN(C)C(=O)O)c2)c1. The molecule has 0 fully saturated rings. The molecule has 0 saturated heterocycles. The Labute approximate surface area is 215 Å². The summed E-state index contributed by atoms with van der Waals surface area (Å²) < 4.78 is 15.8. The zero-order chi connectivity index (χ0) is 26.5.